The van der Waals surface area contributed by atoms with Crippen molar-refractivity contribution in [3.8, 4) is 0 Å². The van der Waals surface area contributed by atoms with Gasteiger partial charge in [-0.2, -0.15) is 0 Å². The van der Waals surface area contributed by atoms with Crippen LogP contribution in [0.3, 0.4) is 0 Å². The highest BCUT2D eigenvalue weighted by atomic mass is 35.5. The first-order chi connectivity index (χ1) is 12.1. The smallest absolute Gasteiger partial charge is 0.249 e. The van der Waals surface area contributed by atoms with Crippen LogP contribution in [0.5, 0.6) is 0 Å². The fourth-order valence-electron chi connectivity index (χ4n) is 2.98. The molecule has 132 valence electrons. The van der Waals surface area contributed by atoms with Gasteiger partial charge in [-0.25, -0.2) is 0 Å². The first-order valence-electron chi connectivity index (χ1n) is 8.23. The van der Waals surface area contributed by atoms with Crippen LogP contribution in [0.25, 0.3) is 0 Å². The van der Waals surface area contributed by atoms with Crippen LogP contribution in [-0.4, -0.2) is 24.7 Å². The molecule has 0 spiro atoms. The molecule has 1 heterocycles. The molecule has 4 nitrogen and oxygen atoms in total. The van der Waals surface area contributed by atoms with E-state index in [0.29, 0.717) is 23.0 Å². The molecule has 2 aromatic rings. The Kier molecular flexibility index (Phi) is 5.97. The van der Waals surface area contributed by atoms with Crippen LogP contribution in [-0.2, 0) is 9.53 Å². The van der Waals surface area contributed by atoms with Gasteiger partial charge in [0.05, 0.1) is 12.1 Å². The van der Waals surface area contributed by atoms with E-state index in [1.807, 2.05) is 48.5 Å². The van der Waals surface area contributed by atoms with Crippen molar-refractivity contribution in [3.05, 3.63) is 69.7 Å². The summed E-state index contributed by atoms with van der Waals surface area (Å²) in [6.07, 6.45) is 0.985. The molecule has 0 saturated carbocycles. The van der Waals surface area contributed by atoms with Gasteiger partial charge in [0.15, 0.2) is 0 Å². The summed E-state index contributed by atoms with van der Waals surface area (Å²) in [6, 6.07) is 14.5. The van der Waals surface area contributed by atoms with Gasteiger partial charge in [-0.3, -0.25) is 4.79 Å². The lowest BCUT2D eigenvalue weighted by atomic mass is 9.98. The summed E-state index contributed by atoms with van der Waals surface area (Å²) < 4.78 is 5.70. The Balaban J connectivity index is 1.82. The SMILES string of the molecule is NC[C@H]1CC[C@@H](C(=O)NC(c2ccc(Cl)cc2)c2ccc(Cl)cc2)O1. The third-order valence-corrected chi connectivity index (χ3v) is 4.86. The normalized spacial score (nSPS) is 20.0. The van der Waals surface area contributed by atoms with Crippen LogP contribution in [0.1, 0.15) is 30.0 Å². The molecule has 1 fully saturated rings. The lowest BCUT2D eigenvalue weighted by molar-refractivity contribution is -0.132. The quantitative estimate of drug-likeness (QED) is 0.833. The third kappa shape index (κ3) is 4.53. The minimum atomic E-state index is -0.462. The van der Waals surface area contributed by atoms with E-state index in [0.717, 1.165) is 17.5 Å². The zero-order valence-electron chi connectivity index (χ0n) is 13.6. The van der Waals surface area contributed by atoms with Crippen LogP contribution >= 0.6 is 23.2 Å². The van der Waals surface area contributed by atoms with Crippen molar-refractivity contribution in [2.24, 2.45) is 5.73 Å². The number of rotatable bonds is 5. The molecule has 3 rings (SSSR count). The van der Waals surface area contributed by atoms with E-state index < -0.39 is 6.10 Å². The summed E-state index contributed by atoms with van der Waals surface area (Å²) in [5, 5.41) is 4.38. The van der Waals surface area contributed by atoms with Crippen molar-refractivity contribution >= 4 is 29.1 Å². The number of ether oxygens (including phenoxy) is 1. The van der Waals surface area contributed by atoms with Crippen LogP contribution in [0, 0.1) is 0 Å². The van der Waals surface area contributed by atoms with E-state index in [2.05, 4.69) is 5.32 Å². The maximum atomic E-state index is 12.7. The van der Waals surface area contributed by atoms with Crippen molar-refractivity contribution in [3.63, 3.8) is 0 Å². The summed E-state index contributed by atoms with van der Waals surface area (Å²) in [6.45, 7) is 0.432. The lowest BCUT2D eigenvalue weighted by Crippen LogP contribution is -2.38. The van der Waals surface area contributed by atoms with Gasteiger partial charge in [0, 0.05) is 16.6 Å². The highest BCUT2D eigenvalue weighted by molar-refractivity contribution is 6.30. The molecule has 1 aliphatic rings. The van der Waals surface area contributed by atoms with Crippen molar-refractivity contribution < 1.29 is 9.53 Å². The Morgan fingerprint density at radius 2 is 1.56 bits per heavy atom. The molecule has 2 aromatic carbocycles. The number of carbonyl (C=O) groups is 1. The molecule has 6 heteroatoms. The Bertz CT molecular complexity index is 674. The molecular formula is C19H20Cl2N2O2. The highest BCUT2D eigenvalue weighted by Gasteiger charge is 2.31. The number of benzene rings is 2. The van der Waals surface area contributed by atoms with Crippen LogP contribution in [0.4, 0.5) is 0 Å². The maximum absolute atomic E-state index is 12.7. The first kappa shape index (κ1) is 18.2. The van der Waals surface area contributed by atoms with E-state index in [9.17, 15) is 4.79 Å². The molecule has 0 aromatic heterocycles. The number of amides is 1. The molecule has 0 unspecified atom stereocenters. The number of hydrogen-bond acceptors (Lipinski definition) is 3. The Labute approximate surface area is 157 Å². The average molecular weight is 379 g/mol. The largest absolute Gasteiger partial charge is 0.364 e. The Morgan fingerprint density at radius 1 is 1.04 bits per heavy atom. The van der Waals surface area contributed by atoms with Gasteiger partial charge in [0.1, 0.15) is 6.10 Å². The van der Waals surface area contributed by atoms with E-state index >= 15 is 0 Å². The summed E-state index contributed by atoms with van der Waals surface area (Å²) in [5.74, 6) is -0.133. The molecule has 2 atom stereocenters. The standard InChI is InChI=1S/C19H20Cl2N2O2/c20-14-5-1-12(2-6-14)18(13-3-7-15(21)8-4-13)23-19(24)17-10-9-16(11-22)25-17/h1-8,16-18H,9-11,22H2,(H,23,24)/t16-,17+/m1/s1. The summed E-state index contributed by atoms with van der Waals surface area (Å²) in [4.78, 5) is 12.7. The van der Waals surface area contributed by atoms with Gasteiger partial charge in [0.25, 0.3) is 0 Å². The second-order valence-electron chi connectivity index (χ2n) is 6.10. The molecule has 0 aliphatic carbocycles. The molecule has 0 bridgehead atoms. The molecule has 1 amide bonds. The predicted octanol–water partition coefficient (Wildman–Crippen LogP) is 3.71. The highest BCUT2D eigenvalue weighted by Crippen LogP contribution is 2.26. The van der Waals surface area contributed by atoms with Gasteiger partial charge in [0.2, 0.25) is 5.91 Å². The summed E-state index contributed by atoms with van der Waals surface area (Å²) in [5.41, 5.74) is 7.50. The van der Waals surface area contributed by atoms with Crippen LogP contribution in [0.15, 0.2) is 48.5 Å². The van der Waals surface area contributed by atoms with E-state index in [1.54, 1.807) is 0 Å². The minimum Gasteiger partial charge on any atom is -0.364 e. The molecule has 0 radical (unpaired) electrons. The summed E-state index contributed by atoms with van der Waals surface area (Å²) in [7, 11) is 0. The lowest BCUT2D eigenvalue weighted by Gasteiger charge is -2.22. The second-order valence-corrected chi connectivity index (χ2v) is 6.98. The van der Waals surface area contributed by atoms with Crippen LogP contribution in [0.2, 0.25) is 10.0 Å². The van der Waals surface area contributed by atoms with Crippen molar-refractivity contribution in [1.82, 2.24) is 5.32 Å². The van der Waals surface area contributed by atoms with E-state index in [1.165, 1.54) is 0 Å². The monoisotopic (exact) mass is 378 g/mol. The van der Waals surface area contributed by atoms with Crippen molar-refractivity contribution in [1.29, 1.82) is 0 Å². The fourth-order valence-corrected chi connectivity index (χ4v) is 3.23. The minimum absolute atomic E-state index is 0.0414. The molecular weight excluding hydrogens is 359 g/mol. The van der Waals surface area contributed by atoms with Gasteiger partial charge < -0.3 is 15.8 Å². The number of carbonyl (C=O) groups excluding carboxylic acids is 1. The number of halogens is 2. The Hall–Kier alpha value is -1.59. The average Bonchev–Trinajstić information content (AvgIpc) is 3.11. The molecule has 25 heavy (non-hydrogen) atoms. The van der Waals surface area contributed by atoms with E-state index in [-0.39, 0.29) is 18.1 Å². The van der Waals surface area contributed by atoms with Crippen LogP contribution < -0.4 is 11.1 Å². The first-order valence-corrected chi connectivity index (χ1v) is 8.99. The van der Waals surface area contributed by atoms with Gasteiger partial charge in [-0.05, 0) is 48.2 Å². The van der Waals surface area contributed by atoms with Gasteiger partial charge >= 0.3 is 0 Å². The molecule has 1 aliphatic heterocycles. The third-order valence-electron chi connectivity index (χ3n) is 4.36. The second kappa shape index (κ2) is 8.19. The Morgan fingerprint density at radius 3 is 2.00 bits per heavy atom. The number of nitrogens with two attached hydrogens (primary N) is 1. The zero-order valence-corrected chi connectivity index (χ0v) is 15.1. The van der Waals surface area contributed by atoms with E-state index in [4.69, 9.17) is 33.7 Å². The number of hydrogen-bond donors (Lipinski definition) is 2. The maximum Gasteiger partial charge on any atom is 0.249 e. The van der Waals surface area contributed by atoms with Crippen molar-refractivity contribution in [2.45, 2.75) is 31.1 Å². The van der Waals surface area contributed by atoms with Gasteiger partial charge in [-0.15, -0.1) is 0 Å². The van der Waals surface area contributed by atoms with Crippen molar-refractivity contribution in [2.75, 3.05) is 6.54 Å². The zero-order chi connectivity index (χ0) is 17.8. The van der Waals surface area contributed by atoms with Gasteiger partial charge in [-0.1, -0.05) is 47.5 Å². The predicted molar refractivity (Wildman–Crippen MR) is 99.8 cm³/mol. The topological polar surface area (TPSA) is 64.4 Å². The summed E-state index contributed by atoms with van der Waals surface area (Å²) >= 11 is 12.0. The molecule has 1 saturated heterocycles. The molecule has 3 N–H and O–H groups in total. The number of nitrogens with one attached hydrogen (secondary N) is 1. The fraction of sp³-hybridized carbons (Fsp3) is 0.316.